The van der Waals surface area contributed by atoms with Crippen LogP contribution in [0.5, 0.6) is 0 Å². The molecule has 0 amide bonds. The molecule has 0 aromatic rings. The van der Waals surface area contributed by atoms with Gasteiger partial charge in [-0.3, -0.25) is 37.3 Å². The van der Waals surface area contributed by atoms with E-state index < -0.39 is 97.5 Å². The SMILES string of the molecule is CC/C=C\C/C=C\C/C=C\C/C=C\CCCCCCC(=O)OCC(COP(=O)(O)OCC(O)COP(=O)(O)OCC(COC(=O)CCCC/C=C\C/C=C\C/C=C\C/C=C\CC)OC(=O)CCCCCCC/C=C\CCCC)OC(=O)CCCCCCC/C=C\C/C=C\C/C=C\CC. The van der Waals surface area contributed by atoms with Crippen molar-refractivity contribution in [1.29, 1.82) is 0 Å². The van der Waals surface area contributed by atoms with Gasteiger partial charge in [-0.25, -0.2) is 9.13 Å². The van der Waals surface area contributed by atoms with Gasteiger partial charge in [-0.1, -0.05) is 238 Å². The zero-order chi connectivity index (χ0) is 71.8. The van der Waals surface area contributed by atoms with Crippen LogP contribution in [-0.2, 0) is 65.4 Å². The fraction of sp³-hybridized carbons (Fsp3) is 0.646. The van der Waals surface area contributed by atoms with Gasteiger partial charge in [0.15, 0.2) is 12.2 Å². The second-order valence-corrected chi connectivity index (χ2v) is 27.0. The lowest BCUT2D eigenvalue weighted by Crippen LogP contribution is -2.30. The van der Waals surface area contributed by atoms with Gasteiger partial charge < -0.3 is 33.8 Å². The summed E-state index contributed by atoms with van der Waals surface area (Å²) in [5.41, 5.74) is 0. The monoisotopic (exact) mass is 1410 g/mol. The zero-order valence-electron chi connectivity index (χ0n) is 60.7. The van der Waals surface area contributed by atoms with Crippen LogP contribution in [0, 0.1) is 0 Å². The van der Waals surface area contributed by atoms with Crippen LogP contribution >= 0.6 is 15.6 Å². The van der Waals surface area contributed by atoms with Crippen molar-refractivity contribution in [2.75, 3.05) is 39.6 Å². The first-order valence-electron chi connectivity index (χ1n) is 37.1. The van der Waals surface area contributed by atoms with Gasteiger partial charge in [-0.15, -0.1) is 0 Å². The number of hydrogen-bond acceptors (Lipinski definition) is 15. The van der Waals surface area contributed by atoms with Crippen LogP contribution in [0.3, 0.4) is 0 Å². The highest BCUT2D eigenvalue weighted by atomic mass is 31.2. The van der Waals surface area contributed by atoms with Crippen molar-refractivity contribution >= 4 is 39.5 Å². The second-order valence-electron chi connectivity index (χ2n) is 24.1. The molecule has 19 heteroatoms. The van der Waals surface area contributed by atoms with Crippen LogP contribution in [0.1, 0.15) is 272 Å². The average Bonchev–Trinajstić information content (AvgIpc) is 0.986. The maximum atomic E-state index is 13.1. The standard InChI is InChI=1S/C79H130O17P2/c1-5-9-13-17-21-25-29-32-35-36-39-41-45-48-52-56-60-64-77(82)90-70-75(96-79(84)66-62-58-54-50-46-42-38-34-31-27-23-19-15-11-7-3)72-94-98(87,88)92-68-73(80)67-91-97(85,86)93-71-74(95-78(83)65-61-57-53-49-43-28-24-20-16-12-8-4)69-89-76(81)63-59-55-51-47-44-40-37-33-30-26-22-18-14-10-6-2/h9-11,13-15,20-27,32-35,37-39,41,44,47,73-75,80H,5-8,12,16-19,28-31,36,40,42-43,45-46,48-72H2,1-4H3,(H,85,86)(H,87,88)/b13-9-,14-10-,15-11-,24-20-,25-21-,26-22-,27-23-,35-32-,37-33-,38-34-,41-39-,47-44-. The van der Waals surface area contributed by atoms with E-state index in [1.165, 1.54) is 12.8 Å². The molecule has 17 nitrogen and oxygen atoms in total. The van der Waals surface area contributed by atoms with Crippen LogP contribution in [-0.4, -0.2) is 96.7 Å². The summed E-state index contributed by atoms with van der Waals surface area (Å²) in [5.74, 6) is -2.29. The molecule has 0 spiro atoms. The summed E-state index contributed by atoms with van der Waals surface area (Å²) in [5, 5.41) is 10.6. The van der Waals surface area contributed by atoms with Crippen molar-refractivity contribution in [2.24, 2.45) is 0 Å². The van der Waals surface area contributed by atoms with Crippen molar-refractivity contribution < 1.29 is 80.2 Å². The Kier molecular flexibility index (Phi) is 66.7. The second kappa shape index (κ2) is 70.4. The summed E-state index contributed by atoms with van der Waals surface area (Å²) in [6.07, 6.45) is 78.5. The van der Waals surface area contributed by atoms with E-state index in [4.69, 9.17) is 37.0 Å². The van der Waals surface area contributed by atoms with Crippen LogP contribution in [0.4, 0.5) is 0 Å². The molecule has 558 valence electrons. The molecule has 0 saturated carbocycles. The highest BCUT2D eigenvalue weighted by Crippen LogP contribution is 2.45. The van der Waals surface area contributed by atoms with E-state index in [0.29, 0.717) is 25.7 Å². The van der Waals surface area contributed by atoms with Crippen molar-refractivity contribution in [3.63, 3.8) is 0 Å². The average molecular weight is 1410 g/mol. The number of allylic oxidation sites excluding steroid dienone is 24. The molecule has 0 aliphatic heterocycles. The molecule has 3 N–H and O–H groups in total. The lowest BCUT2D eigenvalue weighted by atomic mass is 10.1. The number of esters is 4. The first kappa shape index (κ1) is 92.9. The minimum atomic E-state index is -4.99. The van der Waals surface area contributed by atoms with Gasteiger partial charge in [0.1, 0.15) is 19.3 Å². The zero-order valence-corrected chi connectivity index (χ0v) is 62.4. The molecule has 0 radical (unpaired) electrons. The van der Waals surface area contributed by atoms with Gasteiger partial charge in [0.2, 0.25) is 0 Å². The number of rotatable bonds is 68. The summed E-state index contributed by atoms with van der Waals surface area (Å²) in [4.78, 5) is 72.7. The van der Waals surface area contributed by atoms with Crippen LogP contribution < -0.4 is 0 Å². The molecular weight excluding hydrogens is 1280 g/mol. The number of hydrogen-bond donors (Lipinski definition) is 3. The summed E-state index contributed by atoms with van der Waals surface area (Å²) >= 11 is 0. The number of carbonyl (C=O) groups is 4. The van der Waals surface area contributed by atoms with E-state index in [-0.39, 0.29) is 25.7 Å². The minimum Gasteiger partial charge on any atom is -0.462 e. The molecule has 0 fully saturated rings. The molecule has 98 heavy (non-hydrogen) atoms. The number of phosphoric acid groups is 2. The van der Waals surface area contributed by atoms with Crippen LogP contribution in [0.15, 0.2) is 146 Å². The summed E-state index contributed by atoms with van der Waals surface area (Å²) in [6, 6.07) is 0. The fourth-order valence-electron chi connectivity index (χ4n) is 9.20. The third-order valence-corrected chi connectivity index (χ3v) is 16.7. The Bertz CT molecular complexity index is 2430. The maximum absolute atomic E-state index is 13.1. The van der Waals surface area contributed by atoms with Gasteiger partial charge in [0.25, 0.3) is 0 Å². The number of aliphatic hydroxyl groups is 1. The summed E-state index contributed by atoms with van der Waals surface area (Å²) in [7, 11) is -9.98. The molecule has 0 aromatic heterocycles. The lowest BCUT2D eigenvalue weighted by molar-refractivity contribution is -0.161. The Labute approximate surface area is 592 Å². The Morgan fingerprint density at radius 1 is 0.296 bits per heavy atom. The third kappa shape index (κ3) is 69.4. The molecule has 5 unspecified atom stereocenters. The molecule has 0 aromatic carbocycles. The topological polar surface area (TPSA) is 237 Å². The number of aliphatic hydroxyl groups excluding tert-OH is 1. The molecule has 0 saturated heterocycles. The number of ether oxygens (including phenoxy) is 4. The molecule has 0 heterocycles. The fourth-order valence-corrected chi connectivity index (χ4v) is 10.8. The van der Waals surface area contributed by atoms with E-state index in [2.05, 4.69) is 174 Å². The lowest BCUT2D eigenvalue weighted by Gasteiger charge is -2.21. The molecule has 0 aliphatic rings. The number of phosphoric ester groups is 2. The Morgan fingerprint density at radius 2 is 0.531 bits per heavy atom. The van der Waals surface area contributed by atoms with E-state index in [1.54, 1.807) is 0 Å². The predicted molar refractivity (Wildman–Crippen MR) is 399 cm³/mol. The normalized spacial score (nSPS) is 14.8. The van der Waals surface area contributed by atoms with Gasteiger partial charge in [-0.2, -0.15) is 0 Å². The number of unbranched alkanes of at least 4 members (excludes halogenated alkanes) is 18. The smallest absolute Gasteiger partial charge is 0.462 e. The quantitative estimate of drug-likeness (QED) is 0.0169. The van der Waals surface area contributed by atoms with Gasteiger partial charge in [0, 0.05) is 25.7 Å². The Hall–Kier alpha value is -5.06. The molecular formula is C79H130O17P2. The highest BCUT2D eigenvalue weighted by Gasteiger charge is 2.30. The van der Waals surface area contributed by atoms with Gasteiger partial charge in [0.05, 0.1) is 26.4 Å². The third-order valence-electron chi connectivity index (χ3n) is 14.8. The number of carbonyl (C=O) groups excluding carboxylic acids is 4. The Morgan fingerprint density at radius 3 is 0.847 bits per heavy atom. The minimum absolute atomic E-state index is 0.0643. The maximum Gasteiger partial charge on any atom is 0.472 e. The van der Waals surface area contributed by atoms with Crippen molar-refractivity contribution in [3.8, 4) is 0 Å². The summed E-state index contributed by atoms with van der Waals surface area (Å²) in [6.45, 7) is 4.36. The van der Waals surface area contributed by atoms with E-state index in [1.807, 2.05) is 0 Å². The summed E-state index contributed by atoms with van der Waals surface area (Å²) < 4.78 is 68.3. The highest BCUT2D eigenvalue weighted by molar-refractivity contribution is 7.47. The van der Waals surface area contributed by atoms with Crippen molar-refractivity contribution in [3.05, 3.63) is 146 Å². The molecule has 5 atom stereocenters. The Balaban J connectivity index is 5.41. The first-order chi connectivity index (χ1) is 47.7. The van der Waals surface area contributed by atoms with E-state index in [0.717, 1.165) is 180 Å². The van der Waals surface area contributed by atoms with E-state index in [9.17, 15) is 43.2 Å². The largest absolute Gasteiger partial charge is 0.472 e. The van der Waals surface area contributed by atoms with Crippen LogP contribution in [0.2, 0.25) is 0 Å². The molecule has 0 rings (SSSR count). The van der Waals surface area contributed by atoms with Crippen molar-refractivity contribution in [2.45, 2.75) is 290 Å². The first-order valence-corrected chi connectivity index (χ1v) is 40.1. The van der Waals surface area contributed by atoms with E-state index >= 15 is 0 Å². The van der Waals surface area contributed by atoms with Gasteiger partial charge >= 0.3 is 39.5 Å². The molecule has 0 aliphatic carbocycles. The van der Waals surface area contributed by atoms with Gasteiger partial charge in [-0.05, 0) is 154 Å². The van der Waals surface area contributed by atoms with Crippen LogP contribution in [0.25, 0.3) is 0 Å². The molecule has 0 bridgehead atoms. The van der Waals surface area contributed by atoms with Crippen molar-refractivity contribution in [1.82, 2.24) is 0 Å². The predicted octanol–water partition coefficient (Wildman–Crippen LogP) is 21.1.